The molecule has 2 atom stereocenters. The van der Waals surface area contributed by atoms with Crippen LogP contribution < -0.4 is 0 Å². The molecule has 2 aliphatic heterocycles. The Bertz CT molecular complexity index is 614. The minimum absolute atomic E-state index is 0.159. The number of hydrogen-bond acceptors (Lipinski definition) is 2. The normalized spacial score (nSPS) is 28.1. The van der Waals surface area contributed by atoms with Crippen molar-refractivity contribution < 1.29 is 9.18 Å². The van der Waals surface area contributed by atoms with Gasteiger partial charge in [0.05, 0.1) is 0 Å². The topological polar surface area (TPSA) is 23.6 Å². The molecule has 0 spiro atoms. The number of carbonyl (C=O) groups is 1. The van der Waals surface area contributed by atoms with Crippen molar-refractivity contribution in [3.8, 4) is 0 Å². The second kappa shape index (κ2) is 7.45. The fraction of sp³-hybridized carbons (Fsp3) is 0.667. The number of nitrogens with zero attached hydrogens (tertiary/aromatic N) is 2. The lowest BCUT2D eigenvalue weighted by molar-refractivity contribution is -0.134. The predicted molar refractivity (Wildman–Crippen MR) is 96.5 cm³/mol. The van der Waals surface area contributed by atoms with Gasteiger partial charge in [-0.25, -0.2) is 4.39 Å². The molecule has 136 valence electrons. The maximum atomic E-state index is 13.5. The number of amides is 1. The van der Waals surface area contributed by atoms with Gasteiger partial charge in [-0.3, -0.25) is 9.69 Å². The Hall–Kier alpha value is -1.42. The van der Waals surface area contributed by atoms with Gasteiger partial charge < -0.3 is 4.90 Å². The molecule has 0 unspecified atom stereocenters. The van der Waals surface area contributed by atoms with Crippen LogP contribution in [-0.2, 0) is 11.3 Å². The van der Waals surface area contributed by atoms with E-state index >= 15 is 0 Å². The summed E-state index contributed by atoms with van der Waals surface area (Å²) in [4.78, 5) is 17.5. The molecule has 25 heavy (non-hydrogen) atoms. The van der Waals surface area contributed by atoms with Crippen molar-refractivity contribution >= 4 is 5.91 Å². The highest BCUT2D eigenvalue weighted by Gasteiger charge is 2.41. The van der Waals surface area contributed by atoms with E-state index in [1.54, 1.807) is 12.1 Å². The summed E-state index contributed by atoms with van der Waals surface area (Å²) in [5.74, 6) is 1.10. The molecule has 2 saturated heterocycles. The van der Waals surface area contributed by atoms with Crippen LogP contribution in [0, 0.1) is 17.7 Å². The SMILES string of the molecule is O=C(C1CCCC1)N1C[C@@H]2CCCCN(Cc3cccc(F)c3)[C@@H]2C1. The first kappa shape index (κ1) is 17.0. The Kier molecular flexibility index (Phi) is 5.07. The van der Waals surface area contributed by atoms with Gasteiger partial charge in [0.1, 0.15) is 5.82 Å². The molecule has 3 nitrogen and oxygen atoms in total. The van der Waals surface area contributed by atoms with Crippen molar-refractivity contribution in [2.75, 3.05) is 19.6 Å². The van der Waals surface area contributed by atoms with Crippen molar-refractivity contribution in [3.05, 3.63) is 35.6 Å². The molecule has 1 aliphatic carbocycles. The summed E-state index contributed by atoms with van der Waals surface area (Å²) >= 11 is 0. The number of hydrogen-bond donors (Lipinski definition) is 0. The summed E-state index contributed by atoms with van der Waals surface area (Å²) in [7, 11) is 0. The van der Waals surface area contributed by atoms with Gasteiger partial charge in [-0.1, -0.05) is 31.4 Å². The Morgan fingerprint density at radius 2 is 1.88 bits per heavy atom. The van der Waals surface area contributed by atoms with Crippen molar-refractivity contribution in [3.63, 3.8) is 0 Å². The maximum Gasteiger partial charge on any atom is 0.225 e. The second-order valence-electron chi connectivity index (χ2n) is 8.15. The fourth-order valence-electron chi connectivity index (χ4n) is 5.12. The van der Waals surface area contributed by atoms with Crippen LogP contribution in [-0.4, -0.2) is 41.4 Å². The molecule has 3 fully saturated rings. The summed E-state index contributed by atoms with van der Waals surface area (Å²) in [6, 6.07) is 7.41. The molecule has 4 heteroatoms. The van der Waals surface area contributed by atoms with Crippen LogP contribution in [0.4, 0.5) is 4.39 Å². The molecule has 1 saturated carbocycles. The van der Waals surface area contributed by atoms with E-state index in [9.17, 15) is 9.18 Å². The molecule has 2 heterocycles. The zero-order valence-corrected chi connectivity index (χ0v) is 15.0. The van der Waals surface area contributed by atoms with E-state index in [0.717, 1.165) is 44.6 Å². The van der Waals surface area contributed by atoms with Crippen LogP contribution in [0.2, 0.25) is 0 Å². The predicted octanol–water partition coefficient (Wildman–Crippen LogP) is 3.83. The van der Waals surface area contributed by atoms with E-state index in [1.165, 1.54) is 38.2 Å². The minimum atomic E-state index is -0.159. The van der Waals surface area contributed by atoms with Gasteiger partial charge in [0.25, 0.3) is 0 Å². The summed E-state index contributed by atoms with van der Waals surface area (Å²) in [6.45, 7) is 3.66. The van der Waals surface area contributed by atoms with Crippen LogP contribution in [0.1, 0.15) is 50.5 Å². The van der Waals surface area contributed by atoms with Crippen molar-refractivity contribution in [2.45, 2.75) is 57.5 Å². The Labute approximate surface area is 150 Å². The van der Waals surface area contributed by atoms with Gasteiger partial charge >= 0.3 is 0 Å². The van der Waals surface area contributed by atoms with Gasteiger partial charge in [0, 0.05) is 31.6 Å². The average Bonchev–Trinajstić information content (AvgIpc) is 3.24. The van der Waals surface area contributed by atoms with E-state index in [1.807, 2.05) is 6.07 Å². The van der Waals surface area contributed by atoms with Gasteiger partial charge in [-0.15, -0.1) is 0 Å². The van der Waals surface area contributed by atoms with Gasteiger partial charge in [-0.2, -0.15) is 0 Å². The molecular formula is C21H29FN2O. The third kappa shape index (κ3) is 3.74. The highest BCUT2D eigenvalue weighted by Crippen LogP contribution is 2.34. The summed E-state index contributed by atoms with van der Waals surface area (Å²) in [6.07, 6.45) is 8.25. The lowest BCUT2D eigenvalue weighted by Gasteiger charge is -2.30. The van der Waals surface area contributed by atoms with Crippen molar-refractivity contribution in [2.24, 2.45) is 11.8 Å². The average molecular weight is 344 g/mol. The lowest BCUT2D eigenvalue weighted by Crippen LogP contribution is -2.41. The molecular weight excluding hydrogens is 315 g/mol. The van der Waals surface area contributed by atoms with E-state index in [2.05, 4.69) is 9.80 Å². The second-order valence-corrected chi connectivity index (χ2v) is 8.15. The zero-order chi connectivity index (χ0) is 17.2. The third-order valence-corrected chi connectivity index (χ3v) is 6.44. The molecule has 0 aromatic heterocycles. The molecule has 0 N–H and O–H groups in total. The highest BCUT2D eigenvalue weighted by atomic mass is 19.1. The summed E-state index contributed by atoms with van der Waals surface area (Å²) in [5.41, 5.74) is 1.04. The van der Waals surface area contributed by atoms with Crippen LogP contribution in [0.15, 0.2) is 24.3 Å². The zero-order valence-electron chi connectivity index (χ0n) is 15.0. The van der Waals surface area contributed by atoms with E-state index < -0.39 is 0 Å². The van der Waals surface area contributed by atoms with Crippen LogP contribution in [0.5, 0.6) is 0 Å². The lowest BCUT2D eigenvalue weighted by atomic mass is 9.98. The molecule has 1 amide bonds. The Balaban J connectivity index is 1.46. The first-order valence-electron chi connectivity index (χ1n) is 9.98. The van der Waals surface area contributed by atoms with Gasteiger partial charge in [0.2, 0.25) is 5.91 Å². The number of halogens is 1. The fourth-order valence-corrected chi connectivity index (χ4v) is 5.12. The molecule has 0 radical (unpaired) electrons. The van der Waals surface area contributed by atoms with E-state index in [4.69, 9.17) is 0 Å². The first-order valence-corrected chi connectivity index (χ1v) is 9.98. The smallest absolute Gasteiger partial charge is 0.225 e. The number of fused-ring (bicyclic) bond motifs is 1. The quantitative estimate of drug-likeness (QED) is 0.832. The maximum absolute atomic E-state index is 13.5. The third-order valence-electron chi connectivity index (χ3n) is 6.44. The number of carbonyl (C=O) groups excluding carboxylic acids is 1. The van der Waals surface area contributed by atoms with Gasteiger partial charge in [0.15, 0.2) is 0 Å². The molecule has 3 aliphatic rings. The molecule has 0 bridgehead atoms. The summed E-state index contributed by atoms with van der Waals surface area (Å²) in [5, 5.41) is 0. The van der Waals surface area contributed by atoms with Gasteiger partial charge in [-0.05, 0) is 55.8 Å². The standard InChI is InChI=1S/C21H29FN2O/c22-19-10-5-6-16(12-19)13-23-11-4-3-9-18-14-24(15-20(18)23)21(25)17-7-1-2-8-17/h5-6,10,12,17-18,20H,1-4,7-9,11,13-15H2/t18-,20+/m0/s1. The molecule has 1 aromatic rings. The Morgan fingerprint density at radius 3 is 2.68 bits per heavy atom. The van der Waals surface area contributed by atoms with Crippen LogP contribution in [0.25, 0.3) is 0 Å². The van der Waals surface area contributed by atoms with Crippen LogP contribution >= 0.6 is 0 Å². The Morgan fingerprint density at radius 1 is 1.08 bits per heavy atom. The van der Waals surface area contributed by atoms with Crippen molar-refractivity contribution in [1.82, 2.24) is 9.80 Å². The number of rotatable bonds is 3. The highest BCUT2D eigenvalue weighted by molar-refractivity contribution is 5.79. The van der Waals surface area contributed by atoms with E-state index in [0.29, 0.717) is 17.9 Å². The summed E-state index contributed by atoms with van der Waals surface area (Å²) < 4.78 is 13.5. The first-order chi connectivity index (χ1) is 12.2. The number of likely N-dealkylation sites (tertiary alicyclic amines) is 2. The monoisotopic (exact) mass is 344 g/mol. The largest absolute Gasteiger partial charge is 0.341 e. The molecule has 4 rings (SSSR count). The van der Waals surface area contributed by atoms with Crippen molar-refractivity contribution in [1.29, 1.82) is 0 Å². The molecule has 1 aromatic carbocycles. The number of benzene rings is 1. The minimum Gasteiger partial charge on any atom is -0.341 e. The van der Waals surface area contributed by atoms with Crippen LogP contribution in [0.3, 0.4) is 0 Å². The van der Waals surface area contributed by atoms with E-state index in [-0.39, 0.29) is 11.7 Å².